The topological polar surface area (TPSA) is 30.2 Å². The zero-order chi connectivity index (χ0) is 9.97. The Balaban J connectivity index is 2.18. The maximum absolute atomic E-state index is 11.2. The van der Waals surface area contributed by atoms with E-state index in [1.807, 2.05) is 19.1 Å². The summed E-state index contributed by atoms with van der Waals surface area (Å²) in [6.45, 7) is 4.10. The Kier molecular flexibility index (Phi) is 2.57. The molecule has 2 heterocycles. The molecule has 0 aromatic carbocycles. The number of anilines is 1. The summed E-state index contributed by atoms with van der Waals surface area (Å²) in [5.41, 5.74) is 1.96. The second-order valence-corrected chi connectivity index (χ2v) is 3.90. The Hall–Kier alpha value is -1.25. The SMILES string of the molecule is Cc1cc(N2CCCCC2)cc[n+]1[O-]. The summed E-state index contributed by atoms with van der Waals surface area (Å²) in [7, 11) is 0. The fourth-order valence-corrected chi connectivity index (χ4v) is 1.94. The number of aryl methyl sites for hydroxylation is 1. The van der Waals surface area contributed by atoms with Crippen molar-refractivity contribution in [1.29, 1.82) is 0 Å². The van der Waals surface area contributed by atoms with Gasteiger partial charge in [0.05, 0.1) is 0 Å². The maximum atomic E-state index is 11.2. The van der Waals surface area contributed by atoms with E-state index in [0.29, 0.717) is 0 Å². The van der Waals surface area contributed by atoms with Gasteiger partial charge in [-0.25, -0.2) is 0 Å². The lowest BCUT2D eigenvalue weighted by molar-refractivity contribution is -0.612. The van der Waals surface area contributed by atoms with E-state index in [-0.39, 0.29) is 0 Å². The molecule has 1 fully saturated rings. The molecular formula is C11H16N2O. The quantitative estimate of drug-likeness (QED) is 0.500. The van der Waals surface area contributed by atoms with E-state index in [9.17, 15) is 5.21 Å². The smallest absolute Gasteiger partial charge is 0.191 e. The van der Waals surface area contributed by atoms with E-state index in [4.69, 9.17) is 0 Å². The minimum atomic E-state index is 0.771. The summed E-state index contributed by atoms with van der Waals surface area (Å²) in [4.78, 5) is 2.36. The van der Waals surface area contributed by atoms with Gasteiger partial charge in [0.2, 0.25) is 0 Å². The number of pyridine rings is 1. The maximum Gasteiger partial charge on any atom is 0.191 e. The molecule has 0 N–H and O–H groups in total. The summed E-state index contributed by atoms with van der Waals surface area (Å²) in [6.07, 6.45) is 5.47. The monoisotopic (exact) mass is 192 g/mol. The summed E-state index contributed by atoms with van der Waals surface area (Å²) in [5.74, 6) is 0. The molecule has 76 valence electrons. The van der Waals surface area contributed by atoms with Gasteiger partial charge in [-0.05, 0) is 19.3 Å². The number of rotatable bonds is 1. The van der Waals surface area contributed by atoms with Gasteiger partial charge < -0.3 is 10.1 Å². The Labute approximate surface area is 84.6 Å². The molecule has 0 saturated carbocycles. The van der Waals surface area contributed by atoms with Crippen LogP contribution in [0.2, 0.25) is 0 Å². The van der Waals surface area contributed by atoms with Gasteiger partial charge in [-0.15, -0.1) is 0 Å². The molecule has 1 aromatic rings. The molecule has 2 rings (SSSR count). The van der Waals surface area contributed by atoms with Crippen molar-refractivity contribution in [2.75, 3.05) is 18.0 Å². The first-order chi connectivity index (χ1) is 6.77. The fraction of sp³-hybridized carbons (Fsp3) is 0.545. The predicted molar refractivity (Wildman–Crippen MR) is 56.2 cm³/mol. The van der Waals surface area contributed by atoms with E-state index >= 15 is 0 Å². The predicted octanol–water partition coefficient (Wildman–Crippen LogP) is 1.62. The van der Waals surface area contributed by atoms with Crippen LogP contribution in [0.3, 0.4) is 0 Å². The first kappa shape index (κ1) is 9.31. The Bertz CT molecular complexity index is 319. The average molecular weight is 192 g/mol. The Morgan fingerprint density at radius 1 is 1.29 bits per heavy atom. The van der Waals surface area contributed by atoms with Crippen LogP contribution < -0.4 is 9.63 Å². The van der Waals surface area contributed by atoms with Crippen LogP contribution >= 0.6 is 0 Å². The van der Waals surface area contributed by atoms with Gasteiger partial charge in [-0.1, -0.05) is 0 Å². The average Bonchev–Trinajstić information content (AvgIpc) is 2.23. The number of aromatic nitrogens is 1. The van der Waals surface area contributed by atoms with Crippen molar-refractivity contribution in [2.24, 2.45) is 0 Å². The lowest BCUT2D eigenvalue weighted by Gasteiger charge is -2.28. The zero-order valence-corrected chi connectivity index (χ0v) is 8.57. The van der Waals surface area contributed by atoms with Crippen LogP contribution in [0.1, 0.15) is 25.0 Å². The van der Waals surface area contributed by atoms with E-state index in [1.165, 1.54) is 24.9 Å². The molecule has 1 aliphatic heterocycles. The number of hydrogen-bond donors (Lipinski definition) is 0. The number of piperidine rings is 1. The highest BCUT2D eigenvalue weighted by Crippen LogP contribution is 2.18. The summed E-state index contributed by atoms with van der Waals surface area (Å²) < 4.78 is 0.910. The van der Waals surface area contributed by atoms with E-state index in [0.717, 1.165) is 23.5 Å². The minimum absolute atomic E-state index is 0.771. The number of nitrogens with zero attached hydrogens (tertiary/aromatic N) is 2. The summed E-state index contributed by atoms with van der Waals surface area (Å²) >= 11 is 0. The second kappa shape index (κ2) is 3.86. The van der Waals surface area contributed by atoms with Crippen molar-refractivity contribution in [3.05, 3.63) is 29.2 Å². The van der Waals surface area contributed by atoms with Gasteiger partial charge in [0.1, 0.15) is 0 Å². The molecule has 14 heavy (non-hydrogen) atoms. The molecule has 1 saturated heterocycles. The van der Waals surface area contributed by atoms with Crippen LogP contribution in [-0.2, 0) is 0 Å². The first-order valence-electron chi connectivity index (χ1n) is 5.22. The van der Waals surface area contributed by atoms with Gasteiger partial charge in [-0.2, -0.15) is 4.73 Å². The molecule has 3 heteroatoms. The van der Waals surface area contributed by atoms with Crippen molar-refractivity contribution in [3.8, 4) is 0 Å². The zero-order valence-electron chi connectivity index (χ0n) is 8.57. The molecule has 0 unspecified atom stereocenters. The highest BCUT2D eigenvalue weighted by atomic mass is 16.5. The van der Waals surface area contributed by atoms with Crippen LogP contribution in [0.5, 0.6) is 0 Å². The fourth-order valence-electron chi connectivity index (χ4n) is 1.94. The highest BCUT2D eigenvalue weighted by Gasteiger charge is 2.12. The van der Waals surface area contributed by atoms with Gasteiger partial charge in [0.15, 0.2) is 11.9 Å². The van der Waals surface area contributed by atoms with E-state index < -0.39 is 0 Å². The lowest BCUT2D eigenvalue weighted by atomic mass is 10.1. The molecule has 0 bridgehead atoms. The third kappa shape index (κ3) is 1.81. The summed E-state index contributed by atoms with van der Waals surface area (Å²) in [5, 5.41) is 11.2. The van der Waals surface area contributed by atoms with Crippen molar-refractivity contribution in [1.82, 2.24) is 0 Å². The van der Waals surface area contributed by atoms with Crippen LogP contribution in [0, 0.1) is 12.1 Å². The minimum Gasteiger partial charge on any atom is -0.619 e. The number of hydrogen-bond acceptors (Lipinski definition) is 2. The van der Waals surface area contributed by atoms with Gasteiger partial charge in [0, 0.05) is 37.8 Å². The highest BCUT2D eigenvalue weighted by molar-refractivity contribution is 5.45. The van der Waals surface area contributed by atoms with Gasteiger partial charge in [-0.3, -0.25) is 0 Å². The van der Waals surface area contributed by atoms with Crippen LogP contribution in [0.15, 0.2) is 18.3 Å². The van der Waals surface area contributed by atoms with Gasteiger partial charge >= 0.3 is 0 Å². The third-order valence-corrected chi connectivity index (χ3v) is 2.81. The molecular weight excluding hydrogens is 176 g/mol. The van der Waals surface area contributed by atoms with Crippen molar-refractivity contribution >= 4 is 5.69 Å². The van der Waals surface area contributed by atoms with Crippen molar-refractivity contribution in [3.63, 3.8) is 0 Å². The third-order valence-electron chi connectivity index (χ3n) is 2.81. The molecule has 0 amide bonds. The molecule has 1 aliphatic rings. The second-order valence-electron chi connectivity index (χ2n) is 3.90. The molecule has 0 spiro atoms. The molecule has 0 atom stereocenters. The van der Waals surface area contributed by atoms with Gasteiger partial charge in [0.25, 0.3) is 0 Å². The normalized spacial score (nSPS) is 17.1. The van der Waals surface area contributed by atoms with Crippen molar-refractivity contribution < 1.29 is 4.73 Å². The van der Waals surface area contributed by atoms with Crippen LogP contribution in [-0.4, -0.2) is 13.1 Å². The standard InChI is InChI=1S/C11H16N2O/c1-10-9-11(5-8-13(10)14)12-6-3-2-4-7-12/h5,8-9H,2-4,6-7H2,1H3. The molecule has 0 radical (unpaired) electrons. The molecule has 3 nitrogen and oxygen atoms in total. The Morgan fingerprint density at radius 3 is 2.64 bits per heavy atom. The summed E-state index contributed by atoms with van der Waals surface area (Å²) in [6, 6.07) is 3.88. The largest absolute Gasteiger partial charge is 0.619 e. The van der Waals surface area contributed by atoms with E-state index in [2.05, 4.69) is 4.90 Å². The molecule has 1 aromatic heterocycles. The van der Waals surface area contributed by atoms with Crippen molar-refractivity contribution in [2.45, 2.75) is 26.2 Å². The van der Waals surface area contributed by atoms with E-state index in [1.54, 1.807) is 6.20 Å². The lowest BCUT2D eigenvalue weighted by Crippen LogP contribution is -2.33. The van der Waals surface area contributed by atoms with Crippen LogP contribution in [0.4, 0.5) is 5.69 Å². The Morgan fingerprint density at radius 2 is 2.00 bits per heavy atom. The molecule has 0 aliphatic carbocycles. The first-order valence-corrected chi connectivity index (χ1v) is 5.22. The van der Waals surface area contributed by atoms with Crippen LogP contribution in [0.25, 0.3) is 0 Å².